The summed E-state index contributed by atoms with van der Waals surface area (Å²) in [6, 6.07) is 19.6. The Bertz CT molecular complexity index is 1040. The fourth-order valence-electron chi connectivity index (χ4n) is 3.20. The van der Waals surface area contributed by atoms with Gasteiger partial charge in [-0.25, -0.2) is 5.43 Å². The minimum absolute atomic E-state index is 0.0330. The molecule has 1 aromatic heterocycles. The quantitative estimate of drug-likeness (QED) is 0.398. The zero-order valence-corrected chi connectivity index (χ0v) is 14.8. The fourth-order valence-corrected chi connectivity index (χ4v) is 3.20. The van der Waals surface area contributed by atoms with E-state index in [0.717, 1.165) is 12.0 Å². The summed E-state index contributed by atoms with van der Waals surface area (Å²) in [4.78, 5) is 22.9. The van der Waals surface area contributed by atoms with E-state index in [9.17, 15) is 14.9 Å². The van der Waals surface area contributed by atoms with Gasteiger partial charge in [0, 0.05) is 12.0 Å². The first kappa shape index (κ1) is 17.7. The van der Waals surface area contributed by atoms with E-state index in [0.29, 0.717) is 17.1 Å². The molecule has 1 saturated carbocycles. The first-order valence-corrected chi connectivity index (χ1v) is 8.85. The van der Waals surface area contributed by atoms with E-state index in [1.165, 1.54) is 12.3 Å². The van der Waals surface area contributed by atoms with Crippen LogP contribution in [0.1, 0.15) is 23.7 Å². The molecule has 1 N–H and O–H groups in total. The van der Waals surface area contributed by atoms with Gasteiger partial charge in [0.05, 0.1) is 16.7 Å². The van der Waals surface area contributed by atoms with Crippen molar-refractivity contribution in [3.63, 3.8) is 0 Å². The maximum Gasteiger partial charge on any atom is 0.280 e. The number of hydrogen-bond donors (Lipinski definition) is 1. The molecule has 0 saturated heterocycles. The molecule has 140 valence electrons. The first-order valence-electron chi connectivity index (χ1n) is 8.85. The maximum absolute atomic E-state index is 12.2. The van der Waals surface area contributed by atoms with E-state index >= 15 is 0 Å². The minimum Gasteiger partial charge on any atom is -0.455 e. The maximum atomic E-state index is 12.2. The van der Waals surface area contributed by atoms with Crippen molar-refractivity contribution in [1.82, 2.24) is 5.43 Å². The number of nitro benzene ring substituents is 1. The summed E-state index contributed by atoms with van der Waals surface area (Å²) in [5.74, 6) is 0.801. The number of carbonyl (C=O) groups excluding carboxylic acids is 1. The van der Waals surface area contributed by atoms with Crippen molar-refractivity contribution in [3.8, 4) is 11.3 Å². The highest BCUT2D eigenvalue weighted by Crippen LogP contribution is 2.47. The molecule has 4 rings (SSSR count). The smallest absolute Gasteiger partial charge is 0.280 e. The molecule has 7 heteroatoms. The van der Waals surface area contributed by atoms with Crippen molar-refractivity contribution in [2.75, 3.05) is 0 Å². The van der Waals surface area contributed by atoms with Crippen molar-refractivity contribution in [1.29, 1.82) is 0 Å². The number of carbonyl (C=O) groups is 1. The largest absolute Gasteiger partial charge is 0.455 e. The molecule has 7 nitrogen and oxygen atoms in total. The molecule has 2 atom stereocenters. The monoisotopic (exact) mass is 375 g/mol. The van der Waals surface area contributed by atoms with Gasteiger partial charge in [0.1, 0.15) is 11.5 Å². The Morgan fingerprint density at radius 2 is 1.86 bits per heavy atom. The van der Waals surface area contributed by atoms with E-state index < -0.39 is 4.92 Å². The van der Waals surface area contributed by atoms with Gasteiger partial charge in [-0.05, 0) is 36.1 Å². The van der Waals surface area contributed by atoms with Crippen molar-refractivity contribution in [2.24, 2.45) is 11.0 Å². The average Bonchev–Trinajstić information content (AvgIpc) is 3.39. The van der Waals surface area contributed by atoms with Crippen LogP contribution in [-0.4, -0.2) is 17.0 Å². The Hall–Kier alpha value is -3.74. The summed E-state index contributed by atoms with van der Waals surface area (Å²) in [6.45, 7) is 0. The molecule has 2 unspecified atom stereocenters. The number of amides is 1. The molecule has 0 bridgehead atoms. The molecule has 1 aliphatic carbocycles. The standard InChI is InChI=1S/C21H17N3O4/c25-21(18-12-17(18)14-6-2-1-3-7-14)23-22-13-15-10-11-20(28-15)16-8-4-5-9-19(16)24(26)27/h1-11,13,17-18H,12H2,(H,23,25). The van der Waals surface area contributed by atoms with Gasteiger partial charge in [0.15, 0.2) is 0 Å². The van der Waals surface area contributed by atoms with Crippen LogP contribution in [0.5, 0.6) is 0 Å². The van der Waals surface area contributed by atoms with Crippen LogP contribution < -0.4 is 5.43 Å². The number of hydrogen-bond acceptors (Lipinski definition) is 5. The van der Waals surface area contributed by atoms with E-state index in [1.807, 2.05) is 30.3 Å². The van der Waals surface area contributed by atoms with Gasteiger partial charge < -0.3 is 4.42 Å². The molecule has 1 fully saturated rings. The van der Waals surface area contributed by atoms with Crippen LogP contribution >= 0.6 is 0 Å². The van der Waals surface area contributed by atoms with Crippen LogP contribution in [-0.2, 0) is 4.79 Å². The van der Waals surface area contributed by atoms with Gasteiger partial charge in [-0.15, -0.1) is 0 Å². The number of benzene rings is 2. The summed E-state index contributed by atoms with van der Waals surface area (Å²) < 4.78 is 5.60. The molecule has 1 amide bonds. The summed E-state index contributed by atoms with van der Waals surface area (Å²) in [7, 11) is 0. The van der Waals surface area contributed by atoms with Crippen LogP contribution in [0.3, 0.4) is 0 Å². The Morgan fingerprint density at radius 3 is 2.64 bits per heavy atom. The lowest BCUT2D eigenvalue weighted by molar-refractivity contribution is -0.384. The van der Waals surface area contributed by atoms with Crippen LogP contribution in [0, 0.1) is 16.0 Å². The van der Waals surface area contributed by atoms with E-state index in [4.69, 9.17) is 4.42 Å². The SMILES string of the molecule is O=C(NN=Cc1ccc(-c2ccccc2[N+](=O)[O-])o1)C1CC1c1ccccc1. The lowest BCUT2D eigenvalue weighted by Crippen LogP contribution is -2.20. The highest BCUT2D eigenvalue weighted by atomic mass is 16.6. The molecular weight excluding hydrogens is 358 g/mol. The number of furan rings is 1. The topological polar surface area (TPSA) is 97.7 Å². The Morgan fingerprint density at radius 1 is 1.11 bits per heavy atom. The predicted octanol–water partition coefficient (Wildman–Crippen LogP) is 4.11. The van der Waals surface area contributed by atoms with E-state index in [1.54, 1.807) is 30.3 Å². The van der Waals surface area contributed by atoms with Crippen LogP contribution in [0.2, 0.25) is 0 Å². The molecule has 28 heavy (non-hydrogen) atoms. The van der Waals surface area contributed by atoms with Crippen molar-refractivity contribution in [3.05, 3.63) is 88.2 Å². The van der Waals surface area contributed by atoms with Gasteiger partial charge in [-0.3, -0.25) is 14.9 Å². The number of rotatable bonds is 6. The number of para-hydroxylation sites is 1. The average molecular weight is 375 g/mol. The normalized spacial score (nSPS) is 18.1. The third kappa shape index (κ3) is 3.68. The summed E-state index contributed by atoms with van der Waals surface area (Å²) in [6.07, 6.45) is 2.20. The third-order valence-corrected chi connectivity index (χ3v) is 4.71. The lowest BCUT2D eigenvalue weighted by Gasteiger charge is -2.00. The molecule has 0 spiro atoms. The van der Waals surface area contributed by atoms with Crippen molar-refractivity contribution in [2.45, 2.75) is 12.3 Å². The molecule has 2 aromatic carbocycles. The van der Waals surface area contributed by atoms with Gasteiger partial charge >= 0.3 is 0 Å². The minimum atomic E-state index is -0.454. The highest BCUT2D eigenvalue weighted by Gasteiger charge is 2.43. The van der Waals surface area contributed by atoms with Crippen molar-refractivity contribution >= 4 is 17.8 Å². The first-order chi connectivity index (χ1) is 13.6. The molecule has 1 aliphatic rings. The van der Waals surface area contributed by atoms with E-state index in [2.05, 4.69) is 10.5 Å². The molecule has 0 aliphatic heterocycles. The zero-order valence-electron chi connectivity index (χ0n) is 14.8. The summed E-state index contributed by atoms with van der Waals surface area (Å²) in [5, 5.41) is 15.1. The van der Waals surface area contributed by atoms with Crippen LogP contribution in [0.4, 0.5) is 5.69 Å². The second kappa shape index (κ2) is 7.48. The predicted molar refractivity (Wildman–Crippen MR) is 104 cm³/mol. The number of nitrogens with zero attached hydrogens (tertiary/aromatic N) is 2. The van der Waals surface area contributed by atoms with Gasteiger partial charge in [0.2, 0.25) is 5.91 Å². The summed E-state index contributed by atoms with van der Waals surface area (Å²) >= 11 is 0. The Labute approximate surface area is 160 Å². The summed E-state index contributed by atoms with van der Waals surface area (Å²) in [5.41, 5.74) is 4.05. The van der Waals surface area contributed by atoms with Gasteiger partial charge in [-0.2, -0.15) is 5.10 Å². The number of nitro groups is 1. The molecule has 0 radical (unpaired) electrons. The molecule has 1 heterocycles. The third-order valence-electron chi connectivity index (χ3n) is 4.71. The Balaban J connectivity index is 1.38. The van der Waals surface area contributed by atoms with Crippen molar-refractivity contribution < 1.29 is 14.1 Å². The molecule has 3 aromatic rings. The van der Waals surface area contributed by atoms with Crippen LogP contribution in [0.25, 0.3) is 11.3 Å². The van der Waals surface area contributed by atoms with E-state index in [-0.39, 0.29) is 23.4 Å². The second-order valence-corrected chi connectivity index (χ2v) is 6.57. The highest BCUT2D eigenvalue weighted by molar-refractivity contribution is 5.85. The number of nitrogens with one attached hydrogen (secondary N) is 1. The lowest BCUT2D eigenvalue weighted by atomic mass is 10.1. The molecular formula is C21H17N3O4. The van der Waals surface area contributed by atoms with Crippen LogP contribution in [0.15, 0.2) is 76.2 Å². The number of hydrazone groups is 1. The fraction of sp³-hybridized carbons (Fsp3) is 0.143. The van der Waals surface area contributed by atoms with Gasteiger partial charge in [-0.1, -0.05) is 42.5 Å². The zero-order chi connectivity index (χ0) is 19.5. The van der Waals surface area contributed by atoms with Gasteiger partial charge in [0.25, 0.3) is 5.69 Å². The second-order valence-electron chi connectivity index (χ2n) is 6.57. The Kier molecular flexibility index (Phi) is 4.72.